The Morgan fingerprint density at radius 2 is 2.24 bits per heavy atom. The summed E-state index contributed by atoms with van der Waals surface area (Å²) in [5, 5.41) is 19.3. The van der Waals surface area contributed by atoms with Crippen LogP contribution in [0, 0.1) is 0 Å². The monoisotopic (exact) mass is 313 g/mol. The molecule has 9 heteroatoms. The van der Waals surface area contributed by atoms with Crippen molar-refractivity contribution in [2.24, 2.45) is 0 Å². The van der Waals surface area contributed by atoms with Crippen LogP contribution in [-0.2, 0) is 4.74 Å². The average molecular weight is 314 g/mol. The Hall–Kier alpha value is -1.48. The molecule has 8 nitrogen and oxygen atoms in total. The molecule has 0 bridgehead atoms. The lowest BCUT2D eigenvalue weighted by atomic mass is 10.2. The van der Waals surface area contributed by atoms with Gasteiger partial charge in [-0.3, -0.25) is 4.57 Å². The highest BCUT2D eigenvalue weighted by molar-refractivity contribution is 6.29. The van der Waals surface area contributed by atoms with E-state index in [0.717, 1.165) is 0 Å². The summed E-state index contributed by atoms with van der Waals surface area (Å²) in [6.45, 7) is -0.250. The second-order valence-corrected chi connectivity index (χ2v) is 5.48. The molecule has 0 saturated carbocycles. The number of hydrogen-bond acceptors (Lipinski definition) is 7. The highest BCUT2D eigenvalue weighted by Crippen LogP contribution is 2.33. The number of nitrogens with zero attached hydrogens (tertiary/aromatic N) is 5. The first-order valence-corrected chi connectivity index (χ1v) is 6.91. The van der Waals surface area contributed by atoms with Gasteiger partial charge in [-0.15, -0.1) is 0 Å². The molecule has 0 spiro atoms. The summed E-state index contributed by atoms with van der Waals surface area (Å²) >= 11 is 6.16. The van der Waals surface area contributed by atoms with Gasteiger partial charge in [0, 0.05) is 20.5 Å². The predicted molar refractivity (Wildman–Crippen MR) is 76.3 cm³/mol. The van der Waals surface area contributed by atoms with Gasteiger partial charge in [-0.2, -0.15) is 4.98 Å². The minimum absolute atomic E-state index is 0.214. The number of anilines is 1. The van der Waals surface area contributed by atoms with Crippen LogP contribution in [0.1, 0.15) is 12.6 Å². The van der Waals surface area contributed by atoms with E-state index in [1.807, 2.05) is 14.1 Å². The molecule has 3 heterocycles. The maximum atomic E-state index is 9.86. The first-order valence-electron chi connectivity index (χ1n) is 6.53. The Labute approximate surface area is 126 Å². The van der Waals surface area contributed by atoms with Gasteiger partial charge in [-0.05, 0) is 11.6 Å². The zero-order chi connectivity index (χ0) is 15.1. The highest BCUT2D eigenvalue weighted by atomic mass is 35.5. The maximum absolute atomic E-state index is 9.86. The third-order valence-electron chi connectivity index (χ3n) is 3.45. The van der Waals surface area contributed by atoms with E-state index < -0.39 is 18.4 Å². The second kappa shape index (κ2) is 5.38. The molecule has 2 aromatic rings. The fraction of sp³-hybridized carbons (Fsp3) is 0.583. The predicted octanol–water partition coefficient (Wildman–Crippen LogP) is 0.186. The van der Waals surface area contributed by atoms with Crippen LogP contribution >= 0.6 is 11.6 Å². The summed E-state index contributed by atoms with van der Waals surface area (Å²) in [7, 11) is 3.67. The van der Waals surface area contributed by atoms with Crippen LogP contribution in [-0.4, -0.2) is 62.6 Å². The number of aliphatic hydroxyl groups excluding tert-OH is 2. The van der Waals surface area contributed by atoms with Crippen molar-refractivity contribution >= 4 is 28.7 Å². The molecule has 1 aliphatic heterocycles. The van der Waals surface area contributed by atoms with Crippen LogP contribution in [0.25, 0.3) is 11.2 Å². The summed E-state index contributed by atoms with van der Waals surface area (Å²) in [5.74, 6) is 0.526. The molecule has 0 aliphatic carbocycles. The summed E-state index contributed by atoms with van der Waals surface area (Å²) in [6.07, 6.45) is 0.0223. The molecular formula is C12H16ClN5O3. The van der Waals surface area contributed by atoms with Crippen molar-refractivity contribution in [3.63, 3.8) is 0 Å². The van der Waals surface area contributed by atoms with Crippen LogP contribution in [0.3, 0.4) is 0 Å². The Kier molecular flexibility index (Phi) is 3.70. The van der Waals surface area contributed by atoms with Crippen molar-refractivity contribution < 1.29 is 14.9 Å². The fourth-order valence-electron chi connectivity index (χ4n) is 2.36. The molecular weight excluding hydrogens is 298 g/mol. The minimum atomic E-state index is -0.747. The molecule has 21 heavy (non-hydrogen) atoms. The van der Waals surface area contributed by atoms with E-state index in [4.69, 9.17) is 16.3 Å². The van der Waals surface area contributed by atoms with Gasteiger partial charge < -0.3 is 19.8 Å². The van der Waals surface area contributed by atoms with Crippen LogP contribution in [0.2, 0.25) is 5.28 Å². The van der Waals surface area contributed by atoms with E-state index in [2.05, 4.69) is 15.0 Å². The number of halogens is 1. The summed E-state index contributed by atoms with van der Waals surface area (Å²) in [4.78, 5) is 14.6. The van der Waals surface area contributed by atoms with Crippen molar-refractivity contribution in [2.45, 2.75) is 24.9 Å². The number of aliphatic hydroxyl groups is 2. The molecule has 1 aliphatic rings. The van der Waals surface area contributed by atoms with Gasteiger partial charge >= 0.3 is 0 Å². The number of aromatic nitrogens is 4. The summed E-state index contributed by atoms with van der Waals surface area (Å²) in [6, 6.07) is 0. The van der Waals surface area contributed by atoms with Crippen molar-refractivity contribution in [3.8, 4) is 0 Å². The Morgan fingerprint density at radius 1 is 1.48 bits per heavy atom. The van der Waals surface area contributed by atoms with Crippen molar-refractivity contribution in [1.82, 2.24) is 19.5 Å². The largest absolute Gasteiger partial charge is 0.394 e. The van der Waals surface area contributed by atoms with Gasteiger partial charge in [0.05, 0.1) is 18.9 Å². The van der Waals surface area contributed by atoms with E-state index in [9.17, 15) is 10.2 Å². The second-order valence-electron chi connectivity index (χ2n) is 5.14. The van der Waals surface area contributed by atoms with E-state index >= 15 is 0 Å². The molecule has 2 N–H and O–H groups in total. The van der Waals surface area contributed by atoms with Crippen LogP contribution in [0.4, 0.5) is 5.95 Å². The molecule has 0 unspecified atom stereocenters. The van der Waals surface area contributed by atoms with Gasteiger partial charge in [0.2, 0.25) is 11.2 Å². The summed E-state index contributed by atoms with van der Waals surface area (Å²) < 4.78 is 7.24. The smallest absolute Gasteiger partial charge is 0.226 e. The normalized spacial score (nSPS) is 25.7. The Balaban J connectivity index is 2.05. The highest BCUT2D eigenvalue weighted by Gasteiger charge is 2.36. The third-order valence-corrected chi connectivity index (χ3v) is 3.72. The number of fused-ring (bicyclic) bond motifs is 1. The van der Waals surface area contributed by atoms with Crippen molar-refractivity contribution in [1.29, 1.82) is 0 Å². The molecule has 114 valence electrons. The molecule has 1 saturated heterocycles. The van der Waals surface area contributed by atoms with Gasteiger partial charge in [-0.25, -0.2) is 9.97 Å². The van der Waals surface area contributed by atoms with Gasteiger partial charge in [0.1, 0.15) is 17.8 Å². The number of hydrogen-bond donors (Lipinski definition) is 2. The quantitative estimate of drug-likeness (QED) is 0.781. The minimum Gasteiger partial charge on any atom is -0.394 e. The molecule has 1 fully saturated rings. The molecule has 0 aromatic carbocycles. The molecule has 3 rings (SSSR count). The van der Waals surface area contributed by atoms with E-state index in [1.54, 1.807) is 15.7 Å². The zero-order valence-corrected chi connectivity index (χ0v) is 12.4. The first-order chi connectivity index (χ1) is 10.0. The SMILES string of the molecule is CN(C)c1ncc2nc(Cl)n([C@@H]3C[C@@H](O)[C@H](CO)O3)c2n1. The Bertz CT molecular complexity index is 662. The lowest BCUT2D eigenvalue weighted by Crippen LogP contribution is -2.24. The lowest BCUT2D eigenvalue weighted by molar-refractivity contribution is -0.0431. The molecule has 2 aromatic heterocycles. The number of imidazole rings is 1. The molecule has 0 radical (unpaired) electrons. The molecule has 3 atom stereocenters. The van der Waals surface area contributed by atoms with Gasteiger partial charge in [0.25, 0.3) is 0 Å². The first kappa shape index (κ1) is 14.5. The third kappa shape index (κ3) is 2.44. The van der Waals surface area contributed by atoms with Gasteiger partial charge in [-0.1, -0.05) is 0 Å². The van der Waals surface area contributed by atoms with E-state index in [0.29, 0.717) is 23.5 Å². The standard InChI is InChI=1S/C12H16ClN5O3/c1-17(2)12-14-4-6-10(16-12)18(11(13)15-6)9-3-7(20)8(5-19)21-9/h4,7-9,19-20H,3,5H2,1-2H3/t7-,8+,9+/m1/s1. The summed E-state index contributed by atoms with van der Waals surface area (Å²) in [5.41, 5.74) is 1.09. The number of ether oxygens (including phenoxy) is 1. The van der Waals surface area contributed by atoms with E-state index in [1.165, 1.54) is 0 Å². The van der Waals surface area contributed by atoms with Crippen molar-refractivity contribution in [2.75, 3.05) is 25.6 Å². The lowest BCUT2D eigenvalue weighted by Gasteiger charge is -2.15. The van der Waals surface area contributed by atoms with Crippen LogP contribution in [0.5, 0.6) is 0 Å². The van der Waals surface area contributed by atoms with E-state index in [-0.39, 0.29) is 11.9 Å². The van der Waals surface area contributed by atoms with Crippen LogP contribution in [0.15, 0.2) is 6.20 Å². The topological polar surface area (TPSA) is 96.5 Å². The van der Waals surface area contributed by atoms with Crippen molar-refractivity contribution in [3.05, 3.63) is 11.5 Å². The van der Waals surface area contributed by atoms with Crippen LogP contribution < -0.4 is 4.90 Å². The molecule has 0 amide bonds. The maximum Gasteiger partial charge on any atom is 0.226 e. The fourth-order valence-corrected chi connectivity index (χ4v) is 2.64. The average Bonchev–Trinajstić information content (AvgIpc) is 2.96. The number of rotatable bonds is 3. The Morgan fingerprint density at radius 3 is 2.86 bits per heavy atom. The van der Waals surface area contributed by atoms with Gasteiger partial charge in [0.15, 0.2) is 5.65 Å². The zero-order valence-electron chi connectivity index (χ0n) is 11.6.